The van der Waals surface area contributed by atoms with E-state index in [0.29, 0.717) is 5.02 Å². The number of rotatable bonds is 4. The maximum Gasteiger partial charge on any atom is 0.331 e. The normalized spacial score (nSPS) is 19.3. The molecule has 0 aromatic heterocycles. The SMILES string of the molecule is O=C1NC(=O)N(C2CCCCC2)C(=O)C1=Cc1ccccc1Sc1ccc(Cl)cc1. The van der Waals surface area contributed by atoms with Gasteiger partial charge in [-0.05, 0) is 54.8 Å². The van der Waals surface area contributed by atoms with Crippen LogP contribution >= 0.6 is 23.4 Å². The summed E-state index contributed by atoms with van der Waals surface area (Å²) >= 11 is 7.48. The molecule has 2 aliphatic rings. The van der Waals surface area contributed by atoms with Crippen LogP contribution in [-0.2, 0) is 9.59 Å². The quantitative estimate of drug-likeness (QED) is 0.518. The number of nitrogens with one attached hydrogen (secondary N) is 1. The molecule has 0 bridgehead atoms. The van der Waals surface area contributed by atoms with Crippen molar-refractivity contribution in [3.05, 3.63) is 64.7 Å². The van der Waals surface area contributed by atoms with Crippen molar-refractivity contribution in [1.29, 1.82) is 0 Å². The van der Waals surface area contributed by atoms with Gasteiger partial charge in [0.2, 0.25) is 0 Å². The topological polar surface area (TPSA) is 66.5 Å². The Morgan fingerprint density at radius 3 is 2.40 bits per heavy atom. The Bertz CT molecular complexity index is 1010. The third-order valence-electron chi connectivity index (χ3n) is 5.33. The fourth-order valence-electron chi connectivity index (χ4n) is 3.82. The molecule has 1 N–H and O–H groups in total. The van der Waals surface area contributed by atoms with Crippen LogP contribution in [0.25, 0.3) is 6.08 Å². The van der Waals surface area contributed by atoms with Crippen molar-refractivity contribution in [3.8, 4) is 0 Å². The molecule has 4 amide bonds. The Morgan fingerprint density at radius 1 is 0.967 bits per heavy atom. The van der Waals surface area contributed by atoms with E-state index in [1.165, 1.54) is 16.7 Å². The van der Waals surface area contributed by atoms with Crippen molar-refractivity contribution < 1.29 is 14.4 Å². The van der Waals surface area contributed by atoms with Crippen molar-refractivity contribution in [1.82, 2.24) is 10.2 Å². The van der Waals surface area contributed by atoms with E-state index in [0.717, 1.165) is 47.5 Å². The molecule has 0 radical (unpaired) electrons. The first-order valence-electron chi connectivity index (χ1n) is 9.96. The fourth-order valence-corrected chi connectivity index (χ4v) is 4.86. The lowest BCUT2D eigenvalue weighted by Crippen LogP contribution is -2.58. The van der Waals surface area contributed by atoms with Crippen LogP contribution in [0.3, 0.4) is 0 Å². The second kappa shape index (κ2) is 9.06. The summed E-state index contributed by atoms with van der Waals surface area (Å²) in [5.74, 6) is -1.16. The summed E-state index contributed by atoms with van der Waals surface area (Å²) in [4.78, 5) is 41.1. The summed E-state index contributed by atoms with van der Waals surface area (Å²) in [6.45, 7) is 0. The molecule has 7 heteroatoms. The third-order valence-corrected chi connectivity index (χ3v) is 6.68. The Balaban J connectivity index is 1.64. The molecule has 0 atom stereocenters. The Morgan fingerprint density at radius 2 is 1.67 bits per heavy atom. The number of benzene rings is 2. The molecule has 2 fully saturated rings. The largest absolute Gasteiger partial charge is 0.331 e. The summed E-state index contributed by atoms with van der Waals surface area (Å²) in [6.07, 6.45) is 6.22. The van der Waals surface area contributed by atoms with Gasteiger partial charge < -0.3 is 0 Å². The molecule has 1 saturated carbocycles. The minimum atomic E-state index is -0.650. The average molecular weight is 441 g/mol. The zero-order chi connectivity index (χ0) is 21.1. The fraction of sp³-hybridized carbons (Fsp3) is 0.261. The lowest BCUT2D eigenvalue weighted by Gasteiger charge is -2.35. The van der Waals surface area contributed by atoms with E-state index in [1.807, 2.05) is 48.5 Å². The maximum atomic E-state index is 13.1. The lowest BCUT2D eigenvalue weighted by atomic mass is 9.93. The highest BCUT2D eigenvalue weighted by molar-refractivity contribution is 7.99. The number of urea groups is 1. The van der Waals surface area contributed by atoms with Crippen molar-refractivity contribution >= 4 is 47.3 Å². The number of halogens is 1. The van der Waals surface area contributed by atoms with E-state index in [9.17, 15) is 14.4 Å². The summed E-state index contributed by atoms with van der Waals surface area (Å²) in [5, 5.41) is 3.00. The van der Waals surface area contributed by atoms with Gasteiger partial charge in [-0.3, -0.25) is 19.8 Å². The van der Waals surface area contributed by atoms with Crippen LogP contribution in [-0.4, -0.2) is 28.8 Å². The first kappa shape index (κ1) is 20.7. The number of carbonyl (C=O) groups excluding carboxylic acids is 3. The molecule has 1 saturated heterocycles. The predicted molar refractivity (Wildman–Crippen MR) is 117 cm³/mol. The van der Waals surface area contributed by atoms with E-state index in [1.54, 1.807) is 6.08 Å². The van der Waals surface area contributed by atoms with E-state index in [4.69, 9.17) is 11.6 Å². The van der Waals surface area contributed by atoms with Gasteiger partial charge in [-0.2, -0.15) is 0 Å². The monoisotopic (exact) mass is 440 g/mol. The van der Waals surface area contributed by atoms with Gasteiger partial charge in [-0.25, -0.2) is 4.79 Å². The highest BCUT2D eigenvalue weighted by atomic mass is 35.5. The van der Waals surface area contributed by atoms with E-state index in [-0.39, 0.29) is 11.6 Å². The number of hydrogen-bond donors (Lipinski definition) is 1. The molecule has 30 heavy (non-hydrogen) atoms. The molecule has 2 aromatic carbocycles. The van der Waals surface area contributed by atoms with Crippen molar-refractivity contribution in [2.45, 2.75) is 47.9 Å². The predicted octanol–water partition coefficient (Wildman–Crippen LogP) is 5.29. The lowest BCUT2D eigenvalue weighted by molar-refractivity contribution is -0.132. The van der Waals surface area contributed by atoms with E-state index in [2.05, 4.69) is 5.32 Å². The Kier molecular flexibility index (Phi) is 6.25. The van der Waals surface area contributed by atoms with Crippen LogP contribution in [0.4, 0.5) is 4.79 Å². The second-order valence-electron chi connectivity index (χ2n) is 7.38. The van der Waals surface area contributed by atoms with Crippen LogP contribution in [0.5, 0.6) is 0 Å². The summed E-state index contributed by atoms with van der Waals surface area (Å²) in [7, 11) is 0. The first-order valence-corrected chi connectivity index (χ1v) is 11.2. The first-order chi connectivity index (χ1) is 14.5. The smallest absolute Gasteiger partial charge is 0.273 e. The molecule has 5 nitrogen and oxygen atoms in total. The summed E-state index contributed by atoms with van der Waals surface area (Å²) in [6, 6.07) is 14.2. The molecular weight excluding hydrogens is 420 g/mol. The number of amides is 4. The van der Waals surface area contributed by atoms with Gasteiger partial charge in [0.05, 0.1) is 0 Å². The van der Waals surface area contributed by atoms with Crippen LogP contribution in [0.1, 0.15) is 37.7 Å². The van der Waals surface area contributed by atoms with Crippen LogP contribution in [0.15, 0.2) is 63.9 Å². The van der Waals surface area contributed by atoms with E-state index < -0.39 is 17.8 Å². The molecular formula is C23H21ClN2O3S. The van der Waals surface area contributed by atoms with Gasteiger partial charge in [0.15, 0.2) is 0 Å². The zero-order valence-corrected chi connectivity index (χ0v) is 17.8. The Hall–Kier alpha value is -2.57. The average Bonchev–Trinajstić information content (AvgIpc) is 2.74. The minimum Gasteiger partial charge on any atom is -0.273 e. The maximum absolute atomic E-state index is 13.1. The number of imide groups is 2. The number of barbiturate groups is 1. The molecule has 154 valence electrons. The number of hydrogen-bond acceptors (Lipinski definition) is 4. The molecule has 1 heterocycles. The van der Waals surface area contributed by atoms with Crippen molar-refractivity contribution in [3.63, 3.8) is 0 Å². The van der Waals surface area contributed by atoms with Crippen LogP contribution in [0.2, 0.25) is 5.02 Å². The molecule has 0 unspecified atom stereocenters. The van der Waals surface area contributed by atoms with Crippen molar-refractivity contribution in [2.24, 2.45) is 0 Å². The van der Waals surface area contributed by atoms with Crippen molar-refractivity contribution in [2.75, 3.05) is 0 Å². The van der Waals surface area contributed by atoms with Crippen LogP contribution < -0.4 is 5.32 Å². The van der Waals surface area contributed by atoms with Gasteiger partial charge in [-0.15, -0.1) is 0 Å². The van der Waals surface area contributed by atoms with Gasteiger partial charge in [0.1, 0.15) is 5.57 Å². The Labute approximate surface area is 184 Å². The second-order valence-corrected chi connectivity index (χ2v) is 8.93. The third kappa shape index (κ3) is 4.45. The summed E-state index contributed by atoms with van der Waals surface area (Å²) in [5.41, 5.74) is 0.734. The molecule has 0 spiro atoms. The van der Waals surface area contributed by atoms with Gasteiger partial charge >= 0.3 is 6.03 Å². The number of nitrogens with zero attached hydrogens (tertiary/aromatic N) is 1. The number of carbonyl (C=O) groups is 3. The van der Waals surface area contributed by atoms with E-state index >= 15 is 0 Å². The molecule has 1 aliphatic heterocycles. The zero-order valence-electron chi connectivity index (χ0n) is 16.3. The standard InChI is InChI=1S/C23H21ClN2O3S/c24-16-10-12-18(13-11-16)30-20-9-5-4-6-15(20)14-19-21(27)25-23(29)26(22(19)28)17-7-2-1-3-8-17/h4-6,9-14,17H,1-3,7-8H2,(H,25,27,29). The minimum absolute atomic E-state index is 0.00988. The highest BCUT2D eigenvalue weighted by Gasteiger charge is 2.40. The highest BCUT2D eigenvalue weighted by Crippen LogP contribution is 2.33. The molecule has 2 aromatic rings. The van der Waals surface area contributed by atoms with Crippen LogP contribution in [0, 0.1) is 0 Å². The molecule has 4 rings (SSSR count). The van der Waals surface area contributed by atoms with Gasteiger partial charge in [0, 0.05) is 20.9 Å². The van der Waals surface area contributed by atoms with Gasteiger partial charge in [-0.1, -0.05) is 60.8 Å². The molecule has 1 aliphatic carbocycles. The summed E-state index contributed by atoms with van der Waals surface area (Å²) < 4.78 is 0. The van der Waals surface area contributed by atoms with Gasteiger partial charge in [0.25, 0.3) is 11.8 Å².